The highest BCUT2D eigenvalue weighted by Crippen LogP contribution is 2.34. The molecule has 0 unspecified atom stereocenters. The average molecular weight is 403 g/mol. The van der Waals surface area contributed by atoms with Crippen LogP contribution in [0.4, 0.5) is 16.0 Å². The van der Waals surface area contributed by atoms with Gasteiger partial charge in [-0.2, -0.15) is 10.2 Å². The van der Waals surface area contributed by atoms with E-state index in [1.54, 1.807) is 24.1 Å². The van der Waals surface area contributed by atoms with E-state index in [9.17, 15) is 4.39 Å². The Bertz CT molecular complexity index is 1200. The van der Waals surface area contributed by atoms with Gasteiger partial charge in [-0.1, -0.05) is 12.8 Å². The maximum atomic E-state index is 13.3. The first-order valence-corrected chi connectivity index (χ1v) is 10.1. The standard InChI is InChI=1S/C22H22FN7/c1-30-13-17(20(10-23)29-30)16-8-19-18(24-11-16)6-7-21(26-19)27-22-9-15(12-25-28-22)14-4-2-3-5-14/h6-9,11-14H,2-5,10H2,1H3,(H,26,27,28). The van der Waals surface area contributed by atoms with Gasteiger partial charge in [0.1, 0.15) is 18.2 Å². The highest BCUT2D eigenvalue weighted by molar-refractivity contribution is 5.82. The fourth-order valence-electron chi connectivity index (χ4n) is 4.15. The van der Waals surface area contributed by atoms with Crippen LogP contribution in [0.2, 0.25) is 0 Å². The summed E-state index contributed by atoms with van der Waals surface area (Å²) in [7, 11) is 1.78. The van der Waals surface area contributed by atoms with E-state index in [1.165, 1.54) is 31.2 Å². The molecular formula is C22H22FN7. The SMILES string of the molecule is Cn1cc(-c2cnc3ccc(Nc4cc(C5CCCC5)cnn4)nc3c2)c(CF)n1. The zero-order chi connectivity index (χ0) is 20.5. The third-order valence-electron chi connectivity index (χ3n) is 5.64. The van der Waals surface area contributed by atoms with Crippen molar-refractivity contribution in [1.82, 2.24) is 29.9 Å². The molecule has 5 rings (SSSR count). The van der Waals surface area contributed by atoms with Gasteiger partial charge >= 0.3 is 0 Å². The zero-order valence-electron chi connectivity index (χ0n) is 16.7. The molecule has 0 aromatic carbocycles. The van der Waals surface area contributed by atoms with E-state index in [4.69, 9.17) is 0 Å². The van der Waals surface area contributed by atoms with Gasteiger partial charge in [0.05, 0.1) is 17.2 Å². The van der Waals surface area contributed by atoms with E-state index in [2.05, 4.69) is 36.6 Å². The van der Waals surface area contributed by atoms with Gasteiger partial charge in [-0.25, -0.2) is 9.37 Å². The lowest BCUT2D eigenvalue weighted by Gasteiger charge is -2.11. The Morgan fingerprint density at radius 3 is 2.80 bits per heavy atom. The Kier molecular flexibility index (Phi) is 4.82. The van der Waals surface area contributed by atoms with Crippen LogP contribution in [0.3, 0.4) is 0 Å². The highest BCUT2D eigenvalue weighted by atomic mass is 19.1. The summed E-state index contributed by atoms with van der Waals surface area (Å²) in [4.78, 5) is 9.16. The second-order valence-corrected chi connectivity index (χ2v) is 7.74. The number of nitrogens with zero attached hydrogens (tertiary/aromatic N) is 6. The van der Waals surface area contributed by atoms with E-state index in [0.717, 1.165) is 16.6 Å². The van der Waals surface area contributed by atoms with E-state index < -0.39 is 6.67 Å². The van der Waals surface area contributed by atoms with Gasteiger partial charge in [0.25, 0.3) is 0 Å². The van der Waals surface area contributed by atoms with Crippen LogP contribution in [-0.2, 0) is 13.7 Å². The van der Waals surface area contributed by atoms with Gasteiger partial charge in [0.2, 0.25) is 0 Å². The van der Waals surface area contributed by atoms with Crippen molar-refractivity contribution in [3.63, 3.8) is 0 Å². The van der Waals surface area contributed by atoms with Crippen LogP contribution >= 0.6 is 0 Å². The fourth-order valence-corrected chi connectivity index (χ4v) is 4.15. The largest absolute Gasteiger partial charge is 0.323 e. The third-order valence-corrected chi connectivity index (χ3v) is 5.64. The lowest BCUT2D eigenvalue weighted by atomic mass is 10.0. The summed E-state index contributed by atoms with van der Waals surface area (Å²) >= 11 is 0. The molecule has 1 aliphatic rings. The number of hydrogen-bond donors (Lipinski definition) is 1. The van der Waals surface area contributed by atoms with E-state index >= 15 is 0 Å². The molecular weight excluding hydrogens is 381 g/mol. The summed E-state index contributed by atoms with van der Waals surface area (Å²) in [6, 6.07) is 7.75. The number of aromatic nitrogens is 6. The number of alkyl halides is 1. The summed E-state index contributed by atoms with van der Waals surface area (Å²) in [5.41, 5.74) is 4.62. The monoisotopic (exact) mass is 403 g/mol. The van der Waals surface area contributed by atoms with Gasteiger partial charge < -0.3 is 5.32 Å². The Morgan fingerprint density at radius 1 is 1.10 bits per heavy atom. The van der Waals surface area contributed by atoms with Crippen molar-refractivity contribution in [3.05, 3.63) is 54.1 Å². The average Bonchev–Trinajstić information content (AvgIpc) is 3.43. The first kappa shape index (κ1) is 18.6. The van der Waals surface area contributed by atoms with Gasteiger partial charge in [0, 0.05) is 30.6 Å². The summed E-state index contributed by atoms with van der Waals surface area (Å²) in [6.07, 6.45) is 10.4. The molecule has 0 spiro atoms. The molecule has 1 saturated carbocycles. The molecule has 1 aliphatic carbocycles. The van der Waals surface area contributed by atoms with Gasteiger partial charge in [-0.15, -0.1) is 5.10 Å². The van der Waals surface area contributed by atoms with E-state index in [1.807, 2.05) is 24.4 Å². The topological polar surface area (TPSA) is 81.4 Å². The van der Waals surface area contributed by atoms with Crippen molar-refractivity contribution in [2.45, 2.75) is 38.3 Å². The Morgan fingerprint density at radius 2 is 1.97 bits per heavy atom. The highest BCUT2D eigenvalue weighted by Gasteiger charge is 2.18. The number of aryl methyl sites for hydroxylation is 1. The molecule has 0 aliphatic heterocycles. The molecule has 0 radical (unpaired) electrons. The summed E-state index contributed by atoms with van der Waals surface area (Å²) in [5.74, 6) is 1.92. The number of pyridine rings is 2. The molecule has 1 fully saturated rings. The smallest absolute Gasteiger partial charge is 0.154 e. The summed E-state index contributed by atoms with van der Waals surface area (Å²) in [5, 5.41) is 15.8. The van der Waals surface area contributed by atoms with Crippen LogP contribution in [0.15, 0.2) is 42.9 Å². The van der Waals surface area contributed by atoms with Gasteiger partial charge in [-0.05, 0) is 48.6 Å². The first-order valence-electron chi connectivity index (χ1n) is 10.1. The van der Waals surface area contributed by atoms with Crippen molar-refractivity contribution >= 4 is 22.7 Å². The minimum atomic E-state index is -0.626. The van der Waals surface area contributed by atoms with Crippen molar-refractivity contribution in [2.24, 2.45) is 7.05 Å². The third kappa shape index (κ3) is 3.60. The van der Waals surface area contributed by atoms with Crippen LogP contribution in [-0.4, -0.2) is 29.9 Å². The molecule has 0 amide bonds. The molecule has 0 saturated heterocycles. The molecule has 4 aromatic rings. The first-order chi connectivity index (χ1) is 14.7. The minimum Gasteiger partial charge on any atom is -0.323 e. The van der Waals surface area contributed by atoms with Crippen LogP contribution in [0, 0.1) is 0 Å². The van der Waals surface area contributed by atoms with Crippen LogP contribution in [0.1, 0.15) is 42.9 Å². The Hall–Kier alpha value is -3.42. The minimum absolute atomic E-state index is 0.395. The zero-order valence-corrected chi connectivity index (χ0v) is 16.7. The molecule has 0 bridgehead atoms. The number of nitrogens with one attached hydrogen (secondary N) is 1. The number of hydrogen-bond acceptors (Lipinski definition) is 6. The molecule has 8 heteroatoms. The number of rotatable bonds is 5. The predicted octanol–water partition coefficient (Wildman–Crippen LogP) is 4.69. The summed E-state index contributed by atoms with van der Waals surface area (Å²) in [6.45, 7) is -0.626. The van der Waals surface area contributed by atoms with Crippen LogP contribution in [0.5, 0.6) is 0 Å². The number of anilines is 2. The van der Waals surface area contributed by atoms with E-state index in [0.29, 0.717) is 28.8 Å². The molecule has 7 nitrogen and oxygen atoms in total. The van der Waals surface area contributed by atoms with Crippen molar-refractivity contribution < 1.29 is 4.39 Å². The molecule has 152 valence electrons. The van der Waals surface area contributed by atoms with Crippen molar-refractivity contribution in [1.29, 1.82) is 0 Å². The molecule has 0 atom stereocenters. The van der Waals surface area contributed by atoms with Crippen LogP contribution < -0.4 is 5.32 Å². The quantitative estimate of drug-likeness (QED) is 0.521. The van der Waals surface area contributed by atoms with E-state index in [-0.39, 0.29) is 0 Å². The Labute approximate surface area is 173 Å². The van der Waals surface area contributed by atoms with Gasteiger partial charge in [-0.3, -0.25) is 9.67 Å². The lowest BCUT2D eigenvalue weighted by molar-refractivity contribution is 0.472. The predicted molar refractivity (Wildman–Crippen MR) is 113 cm³/mol. The molecule has 4 aromatic heterocycles. The fraction of sp³-hybridized carbons (Fsp3) is 0.318. The van der Waals surface area contributed by atoms with Gasteiger partial charge in [0.15, 0.2) is 5.82 Å². The number of fused-ring (bicyclic) bond motifs is 1. The van der Waals surface area contributed by atoms with Crippen molar-refractivity contribution in [3.8, 4) is 11.1 Å². The normalized spacial score (nSPS) is 14.5. The maximum absolute atomic E-state index is 13.3. The lowest BCUT2D eigenvalue weighted by Crippen LogP contribution is -2.01. The number of halogens is 1. The van der Waals surface area contributed by atoms with Crippen molar-refractivity contribution in [2.75, 3.05) is 5.32 Å². The Balaban J connectivity index is 1.45. The molecule has 30 heavy (non-hydrogen) atoms. The summed E-state index contributed by atoms with van der Waals surface area (Å²) < 4.78 is 14.9. The molecule has 4 heterocycles. The molecule has 1 N–H and O–H groups in total. The van der Waals surface area contributed by atoms with Crippen LogP contribution in [0.25, 0.3) is 22.2 Å². The maximum Gasteiger partial charge on any atom is 0.154 e. The second-order valence-electron chi connectivity index (χ2n) is 7.74. The second kappa shape index (κ2) is 7.78.